The summed E-state index contributed by atoms with van der Waals surface area (Å²) in [5.74, 6) is 0.0113. The second-order valence-corrected chi connectivity index (χ2v) is 4.99. The minimum absolute atomic E-state index is 0.0263. The summed E-state index contributed by atoms with van der Waals surface area (Å²) in [6.45, 7) is -0.0263. The molecule has 0 atom stereocenters. The Kier molecular flexibility index (Phi) is 3.27. The van der Waals surface area contributed by atoms with Gasteiger partial charge >= 0.3 is 0 Å². The van der Waals surface area contributed by atoms with E-state index in [0.29, 0.717) is 27.6 Å². The molecule has 2 aromatic carbocycles. The number of amides is 1. The summed E-state index contributed by atoms with van der Waals surface area (Å²) in [7, 11) is 0. The first-order valence-corrected chi connectivity index (χ1v) is 6.59. The van der Waals surface area contributed by atoms with Crippen LogP contribution in [0.2, 0.25) is 5.02 Å². The maximum Gasteiger partial charge on any atom is 0.262 e. The Hall–Kier alpha value is -2.53. The lowest BCUT2D eigenvalue weighted by atomic mass is 10.0. The van der Waals surface area contributed by atoms with Gasteiger partial charge in [0.15, 0.2) is 12.4 Å². The Balaban J connectivity index is 2.01. The maximum absolute atomic E-state index is 12.5. The first-order valence-electron chi connectivity index (χ1n) is 6.21. The SMILES string of the molecule is Nc1c(Cl)cccc1C(=O)c1ccc2c(c1)NC(=O)CO2. The minimum atomic E-state index is -0.266. The van der Waals surface area contributed by atoms with Crippen LogP contribution in [-0.2, 0) is 4.79 Å². The van der Waals surface area contributed by atoms with Crippen LogP contribution in [0.5, 0.6) is 5.75 Å². The maximum atomic E-state index is 12.5. The van der Waals surface area contributed by atoms with Gasteiger partial charge in [0.05, 0.1) is 16.4 Å². The molecule has 21 heavy (non-hydrogen) atoms. The number of rotatable bonds is 2. The standard InChI is InChI=1S/C15H11ClN2O3/c16-10-3-1-2-9(14(10)17)15(20)8-4-5-12-11(6-8)18-13(19)7-21-12/h1-6H,7,17H2,(H,18,19). The average molecular weight is 303 g/mol. The van der Waals surface area contributed by atoms with E-state index >= 15 is 0 Å². The van der Waals surface area contributed by atoms with Gasteiger partial charge in [-0.3, -0.25) is 9.59 Å². The Morgan fingerprint density at radius 3 is 2.90 bits per heavy atom. The fourth-order valence-electron chi connectivity index (χ4n) is 2.11. The lowest BCUT2D eigenvalue weighted by Crippen LogP contribution is -2.25. The average Bonchev–Trinajstić information content (AvgIpc) is 2.48. The third-order valence-corrected chi connectivity index (χ3v) is 3.50. The van der Waals surface area contributed by atoms with Crippen LogP contribution in [0.1, 0.15) is 15.9 Å². The predicted molar refractivity (Wildman–Crippen MR) is 79.9 cm³/mol. The Bertz CT molecular complexity index is 759. The summed E-state index contributed by atoms with van der Waals surface area (Å²) < 4.78 is 5.25. The highest BCUT2D eigenvalue weighted by molar-refractivity contribution is 6.34. The van der Waals surface area contributed by atoms with Gasteiger partial charge in [-0.15, -0.1) is 0 Å². The number of para-hydroxylation sites is 1. The van der Waals surface area contributed by atoms with Crippen molar-refractivity contribution in [1.29, 1.82) is 0 Å². The molecule has 0 saturated heterocycles. The number of carbonyl (C=O) groups is 2. The van der Waals surface area contributed by atoms with E-state index in [1.807, 2.05) is 0 Å². The van der Waals surface area contributed by atoms with E-state index in [1.54, 1.807) is 36.4 Å². The molecular weight excluding hydrogens is 292 g/mol. The fraction of sp³-hybridized carbons (Fsp3) is 0.0667. The molecule has 0 aromatic heterocycles. The van der Waals surface area contributed by atoms with Crippen LogP contribution >= 0.6 is 11.6 Å². The van der Waals surface area contributed by atoms with E-state index in [1.165, 1.54) is 0 Å². The van der Waals surface area contributed by atoms with Crippen molar-refractivity contribution in [2.45, 2.75) is 0 Å². The molecular formula is C15H11ClN2O3. The van der Waals surface area contributed by atoms with Crippen LogP contribution in [0, 0.1) is 0 Å². The summed E-state index contributed by atoms with van der Waals surface area (Å²) in [6, 6.07) is 9.72. The van der Waals surface area contributed by atoms with Crippen molar-refractivity contribution in [2.24, 2.45) is 0 Å². The van der Waals surface area contributed by atoms with Crippen LogP contribution in [0.3, 0.4) is 0 Å². The Labute approximate surface area is 125 Å². The van der Waals surface area contributed by atoms with Gasteiger partial charge in [0.1, 0.15) is 5.75 Å². The highest BCUT2D eigenvalue weighted by Gasteiger charge is 2.19. The number of halogens is 1. The molecule has 3 rings (SSSR count). The number of anilines is 2. The van der Waals surface area contributed by atoms with Crippen molar-refractivity contribution < 1.29 is 14.3 Å². The van der Waals surface area contributed by atoms with Crippen LogP contribution in [0.25, 0.3) is 0 Å². The van der Waals surface area contributed by atoms with Gasteiger partial charge in [0.25, 0.3) is 5.91 Å². The highest BCUT2D eigenvalue weighted by atomic mass is 35.5. The van der Waals surface area contributed by atoms with Gasteiger partial charge in [-0.2, -0.15) is 0 Å². The van der Waals surface area contributed by atoms with E-state index < -0.39 is 0 Å². The van der Waals surface area contributed by atoms with Crippen molar-refractivity contribution in [3.8, 4) is 5.75 Å². The van der Waals surface area contributed by atoms with Crippen LogP contribution in [0.4, 0.5) is 11.4 Å². The van der Waals surface area contributed by atoms with Gasteiger partial charge in [0, 0.05) is 11.1 Å². The second-order valence-electron chi connectivity index (χ2n) is 4.58. The monoisotopic (exact) mass is 302 g/mol. The number of ether oxygens (including phenoxy) is 1. The number of fused-ring (bicyclic) bond motifs is 1. The molecule has 1 heterocycles. The quantitative estimate of drug-likeness (QED) is 0.659. The molecule has 0 aliphatic carbocycles. The number of nitrogens with one attached hydrogen (secondary N) is 1. The largest absolute Gasteiger partial charge is 0.482 e. The predicted octanol–water partition coefficient (Wildman–Crippen LogP) is 2.48. The lowest BCUT2D eigenvalue weighted by molar-refractivity contribution is -0.118. The zero-order valence-electron chi connectivity index (χ0n) is 10.9. The number of nitrogens with two attached hydrogens (primary N) is 1. The topological polar surface area (TPSA) is 81.4 Å². The zero-order valence-corrected chi connectivity index (χ0v) is 11.6. The molecule has 0 unspecified atom stereocenters. The first-order chi connectivity index (χ1) is 10.1. The highest BCUT2D eigenvalue weighted by Crippen LogP contribution is 2.31. The van der Waals surface area contributed by atoms with Crippen LogP contribution in [0.15, 0.2) is 36.4 Å². The fourth-order valence-corrected chi connectivity index (χ4v) is 2.29. The molecule has 2 aromatic rings. The smallest absolute Gasteiger partial charge is 0.262 e. The number of hydrogen-bond acceptors (Lipinski definition) is 4. The van der Waals surface area contributed by atoms with E-state index in [2.05, 4.69) is 5.32 Å². The molecule has 1 aliphatic heterocycles. The van der Waals surface area contributed by atoms with Crippen LogP contribution in [-0.4, -0.2) is 18.3 Å². The summed E-state index contributed by atoms with van der Waals surface area (Å²) in [6.07, 6.45) is 0. The summed E-state index contributed by atoms with van der Waals surface area (Å²) in [5.41, 5.74) is 7.26. The normalized spacial score (nSPS) is 13.1. The minimum Gasteiger partial charge on any atom is -0.482 e. The molecule has 1 aliphatic rings. The van der Waals surface area contributed by atoms with Gasteiger partial charge in [0.2, 0.25) is 0 Å². The van der Waals surface area contributed by atoms with Gasteiger partial charge in [-0.25, -0.2) is 0 Å². The first kappa shape index (κ1) is 13.5. The van der Waals surface area contributed by atoms with Crippen molar-refractivity contribution in [2.75, 3.05) is 17.7 Å². The van der Waals surface area contributed by atoms with E-state index in [0.717, 1.165) is 0 Å². The summed E-state index contributed by atoms with van der Waals surface area (Å²) >= 11 is 5.93. The number of benzene rings is 2. The molecule has 0 saturated carbocycles. The third kappa shape index (κ3) is 2.43. The van der Waals surface area contributed by atoms with Gasteiger partial charge in [-0.1, -0.05) is 17.7 Å². The molecule has 0 bridgehead atoms. The molecule has 0 radical (unpaired) electrons. The lowest BCUT2D eigenvalue weighted by Gasteiger charge is -2.18. The zero-order chi connectivity index (χ0) is 15.0. The third-order valence-electron chi connectivity index (χ3n) is 3.17. The number of carbonyl (C=O) groups excluding carboxylic acids is 2. The number of nitrogen functional groups attached to an aromatic ring is 1. The number of ketones is 1. The molecule has 1 amide bonds. The van der Waals surface area contributed by atoms with E-state index in [4.69, 9.17) is 22.1 Å². The van der Waals surface area contributed by atoms with Crippen LogP contribution < -0.4 is 15.8 Å². The molecule has 5 nitrogen and oxygen atoms in total. The molecule has 0 spiro atoms. The van der Waals surface area contributed by atoms with Crippen molar-refractivity contribution in [1.82, 2.24) is 0 Å². The van der Waals surface area contributed by atoms with Gasteiger partial charge < -0.3 is 15.8 Å². The van der Waals surface area contributed by atoms with E-state index in [9.17, 15) is 9.59 Å². The molecule has 6 heteroatoms. The summed E-state index contributed by atoms with van der Waals surface area (Å²) in [4.78, 5) is 23.8. The molecule has 0 fully saturated rings. The second kappa shape index (κ2) is 5.10. The molecule has 106 valence electrons. The number of hydrogen-bond donors (Lipinski definition) is 2. The molecule has 3 N–H and O–H groups in total. The summed E-state index contributed by atoms with van der Waals surface area (Å²) in [5, 5.41) is 2.99. The van der Waals surface area contributed by atoms with Crippen molar-refractivity contribution in [3.63, 3.8) is 0 Å². The van der Waals surface area contributed by atoms with Gasteiger partial charge in [-0.05, 0) is 30.3 Å². The van der Waals surface area contributed by atoms with Crippen molar-refractivity contribution in [3.05, 3.63) is 52.5 Å². The Morgan fingerprint density at radius 1 is 1.29 bits per heavy atom. The van der Waals surface area contributed by atoms with E-state index in [-0.39, 0.29) is 24.0 Å². The Morgan fingerprint density at radius 2 is 2.10 bits per heavy atom. The van der Waals surface area contributed by atoms with Crippen molar-refractivity contribution >= 4 is 34.7 Å².